The van der Waals surface area contributed by atoms with Crippen LogP contribution in [0.3, 0.4) is 0 Å². The van der Waals surface area contributed by atoms with E-state index in [2.05, 4.69) is 32.6 Å². The number of amides is 1. The van der Waals surface area contributed by atoms with E-state index in [-0.39, 0.29) is 5.91 Å². The molecule has 1 amide bonds. The summed E-state index contributed by atoms with van der Waals surface area (Å²) in [6.45, 7) is 2.49. The fraction of sp³-hybridized carbons (Fsp3) is 0.176. The maximum Gasteiger partial charge on any atom is 0.226 e. The molecule has 2 N–H and O–H groups in total. The largest absolute Gasteiger partial charge is 0.384 e. The molecule has 2 rings (SSSR count). The Morgan fingerprint density at radius 2 is 2.05 bits per heavy atom. The van der Waals surface area contributed by atoms with Gasteiger partial charge >= 0.3 is 0 Å². The predicted molar refractivity (Wildman–Crippen MR) is 91.8 cm³/mol. The lowest BCUT2D eigenvalue weighted by Gasteiger charge is -2.09. The van der Waals surface area contributed by atoms with E-state index < -0.39 is 0 Å². The minimum absolute atomic E-state index is 0.0503. The minimum Gasteiger partial charge on any atom is -0.384 e. The highest BCUT2D eigenvalue weighted by molar-refractivity contribution is 9.10. The molecule has 0 saturated carbocycles. The topological polar surface area (TPSA) is 64.9 Å². The maximum atomic E-state index is 11.9. The van der Waals surface area contributed by atoms with Crippen molar-refractivity contribution in [2.24, 2.45) is 0 Å². The molecule has 0 saturated heterocycles. The van der Waals surface area contributed by atoms with Gasteiger partial charge in [-0.05, 0) is 48.9 Å². The number of hydrogen-bond acceptors (Lipinski definition) is 3. The normalized spacial score (nSPS) is 9.86. The monoisotopic (exact) mass is 357 g/mol. The van der Waals surface area contributed by atoms with Crippen LogP contribution in [-0.2, 0) is 4.79 Å². The van der Waals surface area contributed by atoms with Crippen LogP contribution in [0.5, 0.6) is 0 Å². The summed E-state index contributed by atoms with van der Waals surface area (Å²) in [7, 11) is 0. The van der Waals surface area contributed by atoms with Gasteiger partial charge in [0.15, 0.2) is 0 Å². The van der Waals surface area contributed by atoms with Gasteiger partial charge in [0.2, 0.25) is 5.91 Å². The number of aryl methyl sites for hydroxylation is 1. The van der Waals surface area contributed by atoms with Crippen molar-refractivity contribution in [1.29, 1.82) is 5.26 Å². The van der Waals surface area contributed by atoms with Crippen molar-refractivity contribution in [3.8, 4) is 6.07 Å². The first kappa shape index (κ1) is 16.1. The molecule has 2 aromatic rings. The molecule has 5 heteroatoms. The summed E-state index contributed by atoms with van der Waals surface area (Å²) in [5.74, 6) is -0.0503. The second kappa shape index (κ2) is 7.62. The van der Waals surface area contributed by atoms with Crippen LogP contribution in [0.2, 0.25) is 0 Å². The van der Waals surface area contributed by atoms with E-state index in [1.165, 1.54) is 0 Å². The molecule has 22 heavy (non-hydrogen) atoms. The number of nitriles is 1. The first-order valence-electron chi connectivity index (χ1n) is 6.88. The van der Waals surface area contributed by atoms with Gasteiger partial charge in [0, 0.05) is 28.8 Å². The Balaban J connectivity index is 1.82. The van der Waals surface area contributed by atoms with Crippen LogP contribution in [-0.4, -0.2) is 12.5 Å². The van der Waals surface area contributed by atoms with Crippen molar-refractivity contribution < 1.29 is 4.79 Å². The number of rotatable bonds is 5. The fourth-order valence-corrected chi connectivity index (χ4v) is 2.21. The Bertz CT molecular complexity index is 722. The number of nitrogens with zero attached hydrogens (tertiary/aromatic N) is 1. The summed E-state index contributed by atoms with van der Waals surface area (Å²) in [5.41, 5.74) is 3.30. The molecule has 2 aromatic carbocycles. The lowest BCUT2D eigenvalue weighted by Crippen LogP contribution is -2.16. The van der Waals surface area contributed by atoms with Crippen molar-refractivity contribution in [3.63, 3.8) is 0 Å². The van der Waals surface area contributed by atoms with Crippen LogP contribution in [0.4, 0.5) is 11.4 Å². The van der Waals surface area contributed by atoms with Crippen LogP contribution >= 0.6 is 15.9 Å². The maximum absolute atomic E-state index is 11.9. The summed E-state index contributed by atoms with van der Waals surface area (Å²) in [4.78, 5) is 11.9. The molecule has 0 fully saturated rings. The molecule has 0 bridgehead atoms. The Kier molecular flexibility index (Phi) is 5.56. The van der Waals surface area contributed by atoms with Crippen molar-refractivity contribution in [3.05, 3.63) is 58.1 Å². The number of halogens is 1. The van der Waals surface area contributed by atoms with Crippen LogP contribution in [0, 0.1) is 18.3 Å². The molecule has 112 valence electrons. The van der Waals surface area contributed by atoms with E-state index in [4.69, 9.17) is 5.26 Å². The highest BCUT2D eigenvalue weighted by Gasteiger charge is 2.04. The third kappa shape index (κ3) is 4.61. The standard InChI is InChI=1S/C17H16BrN3O/c1-12-9-15(5-6-16(12)18)21-17(22)7-8-20-14-4-2-3-13(10-14)11-19/h2-6,9-10,20H,7-8H2,1H3,(H,21,22). The first-order chi connectivity index (χ1) is 10.6. The van der Waals surface area contributed by atoms with Gasteiger partial charge in [0.25, 0.3) is 0 Å². The predicted octanol–water partition coefficient (Wildman–Crippen LogP) is 4.07. The number of benzene rings is 2. The van der Waals surface area contributed by atoms with Gasteiger partial charge in [0.1, 0.15) is 0 Å². The number of nitrogens with one attached hydrogen (secondary N) is 2. The number of hydrogen-bond donors (Lipinski definition) is 2. The second-order valence-electron chi connectivity index (χ2n) is 4.88. The van der Waals surface area contributed by atoms with Crippen molar-refractivity contribution >= 4 is 33.2 Å². The van der Waals surface area contributed by atoms with Gasteiger partial charge in [-0.25, -0.2) is 0 Å². The molecule has 0 aliphatic carbocycles. The highest BCUT2D eigenvalue weighted by Crippen LogP contribution is 2.20. The average Bonchev–Trinajstić information content (AvgIpc) is 2.51. The molecule has 0 spiro atoms. The van der Waals surface area contributed by atoms with Crippen LogP contribution in [0.15, 0.2) is 46.9 Å². The summed E-state index contributed by atoms with van der Waals surface area (Å²) in [5, 5.41) is 14.8. The van der Waals surface area contributed by atoms with Crippen LogP contribution in [0.1, 0.15) is 17.5 Å². The van der Waals surface area contributed by atoms with Crippen molar-refractivity contribution in [2.45, 2.75) is 13.3 Å². The number of carbonyl (C=O) groups is 1. The van der Waals surface area contributed by atoms with Crippen LogP contribution in [0.25, 0.3) is 0 Å². The Morgan fingerprint density at radius 1 is 1.23 bits per heavy atom. The van der Waals surface area contributed by atoms with Crippen molar-refractivity contribution in [1.82, 2.24) is 0 Å². The molecule has 0 radical (unpaired) electrons. The van der Waals surface area contributed by atoms with E-state index in [1.54, 1.807) is 12.1 Å². The molecule has 0 aromatic heterocycles. The Hall–Kier alpha value is -2.32. The van der Waals surface area contributed by atoms with Gasteiger partial charge in [-0.2, -0.15) is 5.26 Å². The Labute approximate surface area is 138 Å². The number of anilines is 2. The molecule has 0 atom stereocenters. The van der Waals surface area contributed by atoms with E-state index >= 15 is 0 Å². The zero-order valence-electron chi connectivity index (χ0n) is 12.2. The van der Waals surface area contributed by atoms with E-state index in [0.717, 1.165) is 21.4 Å². The van der Waals surface area contributed by atoms with Crippen molar-refractivity contribution in [2.75, 3.05) is 17.2 Å². The SMILES string of the molecule is Cc1cc(NC(=O)CCNc2cccc(C#N)c2)ccc1Br. The zero-order chi connectivity index (χ0) is 15.9. The second-order valence-corrected chi connectivity index (χ2v) is 5.74. The third-order valence-electron chi connectivity index (χ3n) is 3.11. The molecule has 0 aliphatic rings. The molecule has 0 aliphatic heterocycles. The van der Waals surface area contributed by atoms with Gasteiger partial charge in [0.05, 0.1) is 11.6 Å². The lowest BCUT2D eigenvalue weighted by atomic mass is 10.2. The van der Waals surface area contributed by atoms with E-state index in [9.17, 15) is 4.79 Å². The molecule has 0 heterocycles. The minimum atomic E-state index is -0.0503. The highest BCUT2D eigenvalue weighted by atomic mass is 79.9. The van der Waals surface area contributed by atoms with E-state index in [0.29, 0.717) is 18.5 Å². The Morgan fingerprint density at radius 3 is 2.77 bits per heavy atom. The van der Waals surface area contributed by atoms with E-state index in [1.807, 2.05) is 37.3 Å². The quantitative estimate of drug-likeness (QED) is 0.847. The summed E-state index contributed by atoms with van der Waals surface area (Å²) < 4.78 is 1.02. The lowest BCUT2D eigenvalue weighted by molar-refractivity contribution is -0.115. The molecule has 0 unspecified atom stereocenters. The molecular formula is C17H16BrN3O. The van der Waals surface area contributed by atoms with Gasteiger partial charge in [-0.3, -0.25) is 4.79 Å². The zero-order valence-corrected chi connectivity index (χ0v) is 13.8. The van der Waals surface area contributed by atoms with Crippen LogP contribution < -0.4 is 10.6 Å². The molecular weight excluding hydrogens is 342 g/mol. The third-order valence-corrected chi connectivity index (χ3v) is 4.00. The summed E-state index contributed by atoms with van der Waals surface area (Å²) >= 11 is 3.43. The fourth-order valence-electron chi connectivity index (χ4n) is 1.97. The van der Waals surface area contributed by atoms with Gasteiger partial charge in [-0.15, -0.1) is 0 Å². The van der Waals surface area contributed by atoms with Gasteiger partial charge in [-0.1, -0.05) is 22.0 Å². The average molecular weight is 358 g/mol. The summed E-state index contributed by atoms with van der Waals surface area (Å²) in [6.07, 6.45) is 0.353. The van der Waals surface area contributed by atoms with Gasteiger partial charge < -0.3 is 10.6 Å². The number of carbonyl (C=O) groups excluding carboxylic acids is 1. The first-order valence-corrected chi connectivity index (χ1v) is 7.68. The summed E-state index contributed by atoms with van der Waals surface area (Å²) in [6, 6.07) is 15.0. The smallest absolute Gasteiger partial charge is 0.226 e. The molecule has 4 nitrogen and oxygen atoms in total.